The molecular formula is C15H18N6OS. The van der Waals surface area contributed by atoms with Gasteiger partial charge in [0.25, 0.3) is 5.91 Å². The molecule has 4 heterocycles. The highest BCUT2D eigenvalue weighted by Crippen LogP contribution is 2.27. The molecule has 1 unspecified atom stereocenters. The van der Waals surface area contributed by atoms with Gasteiger partial charge < -0.3 is 9.88 Å². The highest BCUT2D eigenvalue weighted by Gasteiger charge is 2.24. The number of aromatic nitrogens is 5. The third-order valence-corrected chi connectivity index (χ3v) is 5.59. The Morgan fingerprint density at radius 2 is 2.22 bits per heavy atom. The Morgan fingerprint density at radius 3 is 3.00 bits per heavy atom. The SMILES string of the molecule is Cc1nn(C)c2sc(C(=O)NC3CCc4nnc(C)n4C3)cc12. The van der Waals surface area contributed by atoms with Crippen molar-refractivity contribution in [2.75, 3.05) is 0 Å². The standard InChI is InChI=1S/C15H18N6OS/c1-8-11-6-12(23-15(11)20(3)19-8)14(22)16-10-4-5-13-18-17-9(2)21(13)7-10/h6,10H,4-5,7H2,1-3H3,(H,16,22). The molecule has 0 radical (unpaired) electrons. The first kappa shape index (κ1) is 14.4. The van der Waals surface area contributed by atoms with Gasteiger partial charge in [-0.25, -0.2) is 0 Å². The van der Waals surface area contributed by atoms with Crippen molar-refractivity contribution in [3.05, 3.63) is 28.3 Å². The van der Waals surface area contributed by atoms with Crippen molar-refractivity contribution >= 4 is 27.5 Å². The lowest BCUT2D eigenvalue weighted by Crippen LogP contribution is -2.41. The first-order chi connectivity index (χ1) is 11.0. The molecule has 1 aliphatic heterocycles. The smallest absolute Gasteiger partial charge is 0.261 e. The molecule has 23 heavy (non-hydrogen) atoms. The Bertz CT molecular complexity index is 870. The van der Waals surface area contributed by atoms with Crippen LogP contribution in [0.15, 0.2) is 6.07 Å². The fourth-order valence-corrected chi connectivity index (χ4v) is 4.18. The number of aryl methyl sites for hydroxylation is 4. The molecule has 0 saturated carbocycles. The van der Waals surface area contributed by atoms with Gasteiger partial charge in [0.15, 0.2) is 0 Å². The van der Waals surface area contributed by atoms with E-state index in [4.69, 9.17) is 0 Å². The quantitative estimate of drug-likeness (QED) is 0.774. The molecule has 0 aromatic carbocycles. The van der Waals surface area contributed by atoms with Crippen molar-refractivity contribution in [3.63, 3.8) is 0 Å². The number of carbonyl (C=O) groups excluding carboxylic acids is 1. The van der Waals surface area contributed by atoms with Crippen molar-refractivity contribution < 1.29 is 4.79 Å². The molecule has 120 valence electrons. The maximum atomic E-state index is 12.6. The zero-order valence-corrected chi connectivity index (χ0v) is 14.1. The van der Waals surface area contributed by atoms with Crippen LogP contribution in [-0.2, 0) is 20.0 Å². The maximum Gasteiger partial charge on any atom is 0.261 e. The van der Waals surface area contributed by atoms with Gasteiger partial charge in [-0.1, -0.05) is 0 Å². The van der Waals surface area contributed by atoms with Gasteiger partial charge in [0.2, 0.25) is 0 Å². The van der Waals surface area contributed by atoms with Gasteiger partial charge in [-0.3, -0.25) is 9.48 Å². The normalized spacial score (nSPS) is 17.4. The van der Waals surface area contributed by atoms with E-state index < -0.39 is 0 Å². The molecule has 7 nitrogen and oxygen atoms in total. The predicted octanol–water partition coefficient (Wildman–Crippen LogP) is 1.59. The van der Waals surface area contributed by atoms with Crippen LogP contribution in [0, 0.1) is 13.8 Å². The number of hydrogen-bond acceptors (Lipinski definition) is 5. The van der Waals surface area contributed by atoms with E-state index in [9.17, 15) is 4.79 Å². The minimum Gasteiger partial charge on any atom is -0.347 e. The average molecular weight is 330 g/mol. The van der Waals surface area contributed by atoms with Crippen molar-refractivity contribution in [1.82, 2.24) is 29.9 Å². The Morgan fingerprint density at radius 1 is 1.39 bits per heavy atom. The molecule has 3 aromatic heterocycles. The minimum atomic E-state index is -0.00947. The van der Waals surface area contributed by atoms with Crippen LogP contribution in [0.2, 0.25) is 0 Å². The molecular weight excluding hydrogens is 312 g/mol. The zero-order valence-electron chi connectivity index (χ0n) is 13.3. The molecule has 1 aliphatic rings. The molecule has 0 bridgehead atoms. The van der Waals surface area contributed by atoms with Crippen LogP contribution in [0.4, 0.5) is 0 Å². The summed E-state index contributed by atoms with van der Waals surface area (Å²) in [6, 6.07) is 2.06. The molecule has 0 saturated heterocycles. The molecule has 3 aromatic rings. The van der Waals surface area contributed by atoms with E-state index in [2.05, 4.69) is 25.2 Å². The molecule has 8 heteroatoms. The number of hydrogen-bond donors (Lipinski definition) is 1. The largest absolute Gasteiger partial charge is 0.347 e. The third kappa shape index (κ3) is 2.33. The van der Waals surface area contributed by atoms with Crippen LogP contribution < -0.4 is 5.32 Å². The third-order valence-electron chi connectivity index (χ3n) is 4.39. The number of nitrogens with zero attached hydrogens (tertiary/aromatic N) is 5. The van der Waals surface area contributed by atoms with Gasteiger partial charge >= 0.3 is 0 Å². The second-order valence-corrected chi connectivity index (χ2v) is 7.05. The average Bonchev–Trinajstić information content (AvgIpc) is 3.18. The second kappa shape index (κ2) is 5.16. The number of nitrogens with one attached hydrogen (secondary N) is 1. The summed E-state index contributed by atoms with van der Waals surface area (Å²) >= 11 is 1.49. The van der Waals surface area contributed by atoms with E-state index >= 15 is 0 Å². The van der Waals surface area contributed by atoms with Gasteiger partial charge in [-0.2, -0.15) is 5.10 Å². The van der Waals surface area contributed by atoms with E-state index in [1.54, 1.807) is 0 Å². The maximum absolute atomic E-state index is 12.6. The summed E-state index contributed by atoms with van der Waals surface area (Å²) in [5, 5.41) is 16.8. The molecule has 1 N–H and O–H groups in total. The van der Waals surface area contributed by atoms with Gasteiger partial charge in [0, 0.05) is 31.4 Å². The second-order valence-electron chi connectivity index (χ2n) is 6.02. The van der Waals surface area contributed by atoms with E-state index in [-0.39, 0.29) is 11.9 Å². The van der Waals surface area contributed by atoms with Crippen LogP contribution in [0.5, 0.6) is 0 Å². The summed E-state index contributed by atoms with van der Waals surface area (Å²) in [5.74, 6) is 1.91. The number of thiophene rings is 1. The highest BCUT2D eigenvalue weighted by molar-refractivity contribution is 7.20. The lowest BCUT2D eigenvalue weighted by atomic mass is 10.1. The van der Waals surface area contributed by atoms with Gasteiger partial charge in [-0.05, 0) is 26.3 Å². The summed E-state index contributed by atoms with van der Waals surface area (Å²) in [6.45, 7) is 4.65. The van der Waals surface area contributed by atoms with E-state index in [1.165, 1.54) is 11.3 Å². The molecule has 0 spiro atoms. The summed E-state index contributed by atoms with van der Waals surface area (Å²) in [7, 11) is 1.91. The number of carbonyl (C=O) groups is 1. The van der Waals surface area contributed by atoms with Crippen LogP contribution in [0.25, 0.3) is 10.2 Å². The van der Waals surface area contributed by atoms with Gasteiger partial charge in [0.05, 0.1) is 10.6 Å². The van der Waals surface area contributed by atoms with Crippen molar-refractivity contribution in [3.8, 4) is 0 Å². The van der Waals surface area contributed by atoms with E-state index in [1.807, 2.05) is 31.6 Å². The first-order valence-corrected chi connectivity index (χ1v) is 8.47. The minimum absolute atomic E-state index is 0.00947. The van der Waals surface area contributed by atoms with Crippen LogP contribution in [0.3, 0.4) is 0 Å². The van der Waals surface area contributed by atoms with E-state index in [0.29, 0.717) is 0 Å². The van der Waals surface area contributed by atoms with Crippen molar-refractivity contribution in [1.29, 1.82) is 0 Å². The summed E-state index contributed by atoms with van der Waals surface area (Å²) in [4.78, 5) is 14.3. The Balaban J connectivity index is 1.53. The Labute approximate surface area is 137 Å². The van der Waals surface area contributed by atoms with Crippen LogP contribution >= 0.6 is 11.3 Å². The van der Waals surface area contributed by atoms with Gasteiger partial charge in [0.1, 0.15) is 16.5 Å². The van der Waals surface area contributed by atoms with Gasteiger partial charge in [-0.15, -0.1) is 21.5 Å². The van der Waals surface area contributed by atoms with Crippen LogP contribution in [0.1, 0.15) is 33.4 Å². The van der Waals surface area contributed by atoms with Crippen molar-refractivity contribution in [2.24, 2.45) is 7.05 Å². The Kier molecular flexibility index (Phi) is 3.22. The summed E-state index contributed by atoms with van der Waals surface area (Å²) in [6.07, 6.45) is 1.75. The number of rotatable bonds is 2. The van der Waals surface area contributed by atoms with E-state index in [0.717, 1.165) is 51.8 Å². The lowest BCUT2D eigenvalue weighted by molar-refractivity contribution is 0.0931. The topological polar surface area (TPSA) is 77.6 Å². The number of fused-ring (bicyclic) bond motifs is 2. The fraction of sp³-hybridized carbons (Fsp3) is 0.467. The fourth-order valence-electron chi connectivity index (χ4n) is 3.15. The van der Waals surface area contributed by atoms with Crippen LogP contribution in [-0.4, -0.2) is 36.5 Å². The molecule has 0 aliphatic carbocycles. The molecule has 0 fully saturated rings. The van der Waals surface area contributed by atoms with Crippen molar-refractivity contribution in [2.45, 2.75) is 39.3 Å². The Hall–Kier alpha value is -2.22. The monoisotopic (exact) mass is 330 g/mol. The zero-order chi connectivity index (χ0) is 16.1. The summed E-state index contributed by atoms with van der Waals surface area (Å²) in [5.41, 5.74) is 0.959. The predicted molar refractivity (Wildman–Crippen MR) is 87.7 cm³/mol. The molecule has 4 rings (SSSR count). The lowest BCUT2D eigenvalue weighted by Gasteiger charge is -2.24. The first-order valence-electron chi connectivity index (χ1n) is 7.65. The molecule has 1 atom stereocenters. The number of amides is 1. The molecule has 1 amide bonds. The highest BCUT2D eigenvalue weighted by atomic mass is 32.1. The summed E-state index contributed by atoms with van der Waals surface area (Å²) < 4.78 is 3.92.